The molecule has 1 saturated heterocycles. The minimum Gasteiger partial charge on any atom is -0.496 e. The fourth-order valence-corrected chi connectivity index (χ4v) is 3.22. The smallest absolute Gasteiger partial charge is 0.135 e. The van der Waals surface area contributed by atoms with Crippen molar-refractivity contribution >= 4 is 0 Å². The molecule has 0 bridgehead atoms. The highest BCUT2D eigenvalue weighted by Crippen LogP contribution is 2.28. The molecule has 0 aliphatic carbocycles. The first-order valence-corrected chi connectivity index (χ1v) is 7.84. The summed E-state index contributed by atoms with van der Waals surface area (Å²) in [6.07, 6.45) is 3.92. The summed E-state index contributed by atoms with van der Waals surface area (Å²) in [5.74, 6) is 2.40. The van der Waals surface area contributed by atoms with E-state index in [1.807, 2.05) is 23.7 Å². The van der Waals surface area contributed by atoms with Crippen molar-refractivity contribution in [2.45, 2.75) is 25.3 Å². The summed E-state index contributed by atoms with van der Waals surface area (Å²) in [5, 5.41) is 17.3. The molecule has 1 aromatic heterocycles. The Morgan fingerprint density at radius 1 is 1.35 bits per heavy atom. The molecule has 0 radical (unpaired) electrons. The van der Waals surface area contributed by atoms with Gasteiger partial charge in [-0.15, -0.1) is 10.2 Å². The molecule has 6 nitrogen and oxygen atoms in total. The average Bonchev–Trinajstić information content (AvgIpc) is 3.01. The van der Waals surface area contributed by atoms with Crippen molar-refractivity contribution in [3.63, 3.8) is 0 Å². The van der Waals surface area contributed by atoms with Gasteiger partial charge in [0.05, 0.1) is 18.7 Å². The van der Waals surface area contributed by atoms with E-state index >= 15 is 0 Å². The van der Waals surface area contributed by atoms with Crippen LogP contribution in [0.15, 0.2) is 24.5 Å². The van der Waals surface area contributed by atoms with Gasteiger partial charge in [0.15, 0.2) is 0 Å². The Labute approximate surface area is 136 Å². The molecule has 120 valence electrons. The highest BCUT2D eigenvalue weighted by atomic mass is 16.5. The lowest BCUT2D eigenvalue weighted by Crippen LogP contribution is -2.33. The maximum absolute atomic E-state index is 9.08. The van der Waals surface area contributed by atoms with Crippen molar-refractivity contribution in [3.8, 4) is 11.8 Å². The first-order valence-electron chi connectivity index (χ1n) is 7.84. The molecular weight excluding hydrogens is 290 g/mol. The molecule has 2 heterocycles. The fraction of sp³-hybridized carbons (Fsp3) is 0.471. The number of benzene rings is 1. The van der Waals surface area contributed by atoms with Crippen LogP contribution in [-0.4, -0.2) is 39.9 Å². The molecule has 2 aromatic rings. The number of piperidine rings is 1. The number of nitrogens with zero attached hydrogens (tertiary/aromatic N) is 5. The van der Waals surface area contributed by atoms with Gasteiger partial charge in [0.1, 0.15) is 17.9 Å². The lowest BCUT2D eigenvalue weighted by molar-refractivity contribution is 0.198. The Morgan fingerprint density at radius 3 is 2.74 bits per heavy atom. The zero-order chi connectivity index (χ0) is 16.2. The summed E-state index contributed by atoms with van der Waals surface area (Å²) in [4.78, 5) is 2.41. The zero-order valence-electron chi connectivity index (χ0n) is 13.6. The minimum absolute atomic E-state index is 0.478. The van der Waals surface area contributed by atoms with E-state index in [4.69, 9.17) is 10.00 Å². The predicted molar refractivity (Wildman–Crippen MR) is 86.0 cm³/mol. The van der Waals surface area contributed by atoms with Crippen LogP contribution in [0, 0.1) is 11.3 Å². The summed E-state index contributed by atoms with van der Waals surface area (Å²) in [6.45, 7) is 2.83. The first kappa shape index (κ1) is 15.5. The molecule has 1 aliphatic heterocycles. The van der Waals surface area contributed by atoms with Gasteiger partial charge in [0.25, 0.3) is 0 Å². The average molecular weight is 311 g/mol. The van der Waals surface area contributed by atoms with E-state index in [2.05, 4.69) is 21.2 Å². The predicted octanol–water partition coefficient (Wildman–Crippen LogP) is 2.07. The van der Waals surface area contributed by atoms with Crippen LogP contribution in [0.1, 0.15) is 35.7 Å². The maximum Gasteiger partial charge on any atom is 0.135 e. The van der Waals surface area contributed by atoms with Crippen LogP contribution < -0.4 is 4.74 Å². The highest BCUT2D eigenvalue weighted by Gasteiger charge is 2.24. The third kappa shape index (κ3) is 3.35. The normalized spacial score (nSPS) is 16.2. The molecular formula is C17H21N5O. The van der Waals surface area contributed by atoms with Gasteiger partial charge in [-0.1, -0.05) is 0 Å². The van der Waals surface area contributed by atoms with Gasteiger partial charge >= 0.3 is 0 Å². The molecule has 3 rings (SSSR count). The molecule has 0 atom stereocenters. The van der Waals surface area contributed by atoms with Crippen LogP contribution in [0.3, 0.4) is 0 Å². The van der Waals surface area contributed by atoms with E-state index in [9.17, 15) is 0 Å². The summed E-state index contributed by atoms with van der Waals surface area (Å²) < 4.78 is 7.44. The largest absolute Gasteiger partial charge is 0.496 e. The van der Waals surface area contributed by atoms with Crippen molar-refractivity contribution in [2.75, 3.05) is 20.2 Å². The van der Waals surface area contributed by atoms with Crippen molar-refractivity contribution < 1.29 is 4.74 Å². The number of aryl methyl sites for hydroxylation is 1. The van der Waals surface area contributed by atoms with Crippen LogP contribution in [0.4, 0.5) is 0 Å². The second-order valence-corrected chi connectivity index (χ2v) is 5.99. The molecule has 1 aromatic carbocycles. The van der Waals surface area contributed by atoms with Crippen LogP contribution in [0.5, 0.6) is 5.75 Å². The van der Waals surface area contributed by atoms with Gasteiger partial charge in [0, 0.05) is 25.1 Å². The fourth-order valence-electron chi connectivity index (χ4n) is 3.22. The molecule has 0 N–H and O–H groups in total. The Bertz CT molecular complexity index is 710. The Balaban J connectivity index is 1.65. The molecule has 0 spiro atoms. The Morgan fingerprint density at radius 2 is 2.13 bits per heavy atom. The topological polar surface area (TPSA) is 67.0 Å². The molecule has 0 saturated carbocycles. The standard InChI is InChI=1S/C17H21N5O/c1-21-12-19-20-17(21)14-5-7-22(8-6-14)11-15-9-13(10-18)3-4-16(15)23-2/h3-4,9,12,14H,5-8,11H2,1-2H3. The van der Waals surface area contributed by atoms with E-state index in [0.717, 1.165) is 49.6 Å². The van der Waals surface area contributed by atoms with Gasteiger partial charge in [-0.25, -0.2) is 0 Å². The van der Waals surface area contributed by atoms with Crippen molar-refractivity contribution in [1.82, 2.24) is 19.7 Å². The monoisotopic (exact) mass is 311 g/mol. The number of aromatic nitrogens is 3. The number of likely N-dealkylation sites (tertiary alicyclic amines) is 1. The van der Waals surface area contributed by atoms with E-state index in [1.54, 1.807) is 19.5 Å². The summed E-state index contributed by atoms with van der Waals surface area (Å²) >= 11 is 0. The number of hydrogen-bond acceptors (Lipinski definition) is 5. The zero-order valence-corrected chi connectivity index (χ0v) is 13.6. The number of hydrogen-bond donors (Lipinski definition) is 0. The molecule has 0 amide bonds. The van der Waals surface area contributed by atoms with Gasteiger partial charge in [-0.05, 0) is 44.1 Å². The third-order valence-corrected chi connectivity index (χ3v) is 4.50. The van der Waals surface area contributed by atoms with Crippen LogP contribution >= 0.6 is 0 Å². The third-order valence-electron chi connectivity index (χ3n) is 4.50. The number of methoxy groups -OCH3 is 1. The Kier molecular flexibility index (Phi) is 4.58. The van der Waals surface area contributed by atoms with Crippen LogP contribution in [0.25, 0.3) is 0 Å². The number of nitriles is 1. The first-order chi connectivity index (χ1) is 11.2. The number of rotatable bonds is 4. The quantitative estimate of drug-likeness (QED) is 0.865. The summed E-state index contributed by atoms with van der Waals surface area (Å²) in [6, 6.07) is 7.79. The van der Waals surface area contributed by atoms with E-state index < -0.39 is 0 Å². The summed E-state index contributed by atoms with van der Waals surface area (Å²) in [7, 11) is 3.67. The molecule has 0 unspecified atom stereocenters. The lowest BCUT2D eigenvalue weighted by atomic mass is 9.95. The summed E-state index contributed by atoms with van der Waals surface area (Å²) in [5.41, 5.74) is 1.75. The van der Waals surface area contributed by atoms with Crippen LogP contribution in [-0.2, 0) is 13.6 Å². The minimum atomic E-state index is 0.478. The second-order valence-electron chi connectivity index (χ2n) is 5.99. The van der Waals surface area contributed by atoms with Crippen molar-refractivity contribution in [3.05, 3.63) is 41.5 Å². The van der Waals surface area contributed by atoms with Gasteiger partial charge in [-0.2, -0.15) is 5.26 Å². The number of ether oxygens (including phenoxy) is 1. The van der Waals surface area contributed by atoms with E-state index in [1.165, 1.54) is 0 Å². The maximum atomic E-state index is 9.08. The van der Waals surface area contributed by atoms with Gasteiger partial charge in [0.2, 0.25) is 0 Å². The van der Waals surface area contributed by atoms with Gasteiger partial charge in [-0.3, -0.25) is 4.90 Å². The van der Waals surface area contributed by atoms with E-state index in [-0.39, 0.29) is 0 Å². The van der Waals surface area contributed by atoms with Crippen LogP contribution in [0.2, 0.25) is 0 Å². The molecule has 6 heteroatoms. The SMILES string of the molecule is COc1ccc(C#N)cc1CN1CCC(c2nncn2C)CC1. The second kappa shape index (κ2) is 6.80. The molecule has 23 heavy (non-hydrogen) atoms. The molecule has 1 fully saturated rings. The lowest BCUT2D eigenvalue weighted by Gasteiger charge is -2.31. The van der Waals surface area contributed by atoms with E-state index in [0.29, 0.717) is 11.5 Å². The molecule has 1 aliphatic rings. The highest BCUT2D eigenvalue weighted by molar-refractivity contribution is 5.42. The van der Waals surface area contributed by atoms with Crippen molar-refractivity contribution in [2.24, 2.45) is 7.05 Å². The Hall–Kier alpha value is -2.39. The van der Waals surface area contributed by atoms with Gasteiger partial charge < -0.3 is 9.30 Å². The van der Waals surface area contributed by atoms with Crippen molar-refractivity contribution in [1.29, 1.82) is 5.26 Å².